The summed E-state index contributed by atoms with van der Waals surface area (Å²) in [7, 11) is 0. The smallest absolute Gasteiger partial charge is 0.165 e. The molecule has 0 bridgehead atoms. The van der Waals surface area contributed by atoms with E-state index in [1.54, 1.807) is 16.8 Å². The zero-order valence-electron chi connectivity index (χ0n) is 12.6. The molecule has 6 heteroatoms. The molecule has 1 aromatic heterocycles. The van der Waals surface area contributed by atoms with E-state index < -0.39 is 5.82 Å². The Labute approximate surface area is 123 Å². The van der Waals surface area contributed by atoms with Gasteiger partial charge in [0.15, 0.2) is 17.4 Å². The second-order valence-electron chi connectivity index (χ2n) is 5.52. The van der Waals surface area contributed by atoms with E-state index >= 15 is 0 Å². The maximum Gasteiger partial charge on any atom is 0.165 e. The van der Waals surface area contributed by atoms with Gasteiger partial charge in [0.2, 0.25) is 0 Å². The largest absolute Gasteiger partial charge is 0.483 e. The highest BCUT2D eigenvalue weighted by Crippen LogP contribution is 2.21. The molecule has 2 aromatic rings. The van der Waals surface area contributed by atoms with Crippen LogP contribution in [-0.4, -0.2) is 14.8 Å². The van der Waals surface area contributed by atoms with Crippen LogP contribution < -0.4 is 10.5 Å². The van der Waals surface area contributed by atoms with E-state index in [0.717, 1.165) is 12.1 Å². The zero-order chi connectivity index (χ0) is 15.4. The van der Waals surface area contributed by atoms with Crippen LogP contribution in [0.15, 0.2) is 24.5 Å². The lowest BCUT2D eigenvalue weighted by Gasteiger charge is -2.11. The number of benzene rings is 1. The molecule has 0 saturated carbocycles. The molecule has 5 nitrogen and oxygen atoms in total. The molecule has 2 rings (SSSR count). The lowest BCUT2D eigenvalue weighted by Crippen LogP contribution is -2.12. The summed E-state index contributed by atoms with van der Waals surface area (Å²) in [5.41, 5.74) is 6.46. The Balaban J connectivity index is 2.05. The fraction of sp³-hybridized carbons (Fsp3) is 0.467. The first-order valence-corrected chi connectivity index (χ1v) is 7.02. The van der Waals surface area contributed by atoms with Crippen LogP contribution in [0.3, 0.4) is 0 Å². The van der Waals surface area contributed by atoms with Gasteiger partial charge in [0.05, 0.1) is 0 Å². The molecule has 1 aromatic carbocycles. The van der Waals surface area contributed by atoms with Gasteiger partial charge in [-0.05, 0) is 30.5 Å². The fourth-order valence-electron chi connectivity index (χ4n) is 1.96. The van der Waals surface area contributed by atoms with Gasteiger partial charge in [0.25, 0.3) is 0 Å². The average Bonchev–Trinajstić information content (AvgIpc) is 2.83. The molecule has 21 heavy (non-hydrogen) atoms. The molecule has 1 heterocycles. The van der Waals surface area contributed by atoms with E-state index in [9.17, 15) is 4.39 Å². The van der Waals surface area contributed by atoms with Crippen molar-refractivity contribution in [3.05, 3.63) is 41.7 Å². The van der Waals surface area contributed by atoms with Crippen LogP contribution in [0.2, 0.25) is 0 Å². The Hall–Kier alpha value is -1.95. The van der Waals surface area contributed by atoms with Crippen molar-refractivity contribution >= 4 is 0 Å². The summed E-state index contributed by atoms with van der Waals surface area (Å²) in [5.74, 6) is 0.908. The molecule has 0 radical (unpaired) electrons. The van der Waals surface area contributed by atoms with Crippen LogP contribution in [0, 0.1) is 11.7 Å². The highest BCUT2D eigenvalue weighted by atomic mass is 19.1. The summed E-state index contributed by atoms with van der Waals surface area (Å²) in [4.78, 5) is 4.14. The highest BCUT2D eigenvalue weighted by Gasteiger charge is 2.10. The van der Waals surface area contributed by atoms with Crippen LogP contribution in [0.5, 0.6) is 5.75 Å². The lowest BCUT2D eigenvalue weighted by atomic mass is 10.1. The number of nitrogens with zero attached hydrogens (tertiary/aromatic N) is 3. The first-order valence-electron chi connectivity index (χ1n) is 7.02. The first-order chi connectivity index (χ1) is 9.97. The predicted octanol–water partition coefficient (Wildman–Crippen LogP) is 2.67. The van der Waals surface area contributed by atoms with Gasteiger partial charge in [-0.2, -0.15) is 5.10 Å². The van der Waals surface area contributed by atoms with Crippen LogP contribution in [0.4, 0.5) is 4.39 Å². The SMILES string of the molecule is CC(C)Cn1ncnc1COc1ccc(C(C)N)cc1F. The first kappa shape index (κ1) is 15.4. The van der Waals surface area contributed by atoms with Crippen molar-refractivity contribution in [1.82, 2.24) is 14.8 Å². The highest BCUT2D eigenvalue weighted by molar-refractivity contribution is 5.30. The topological polar surface area (TPSA) is 66.0 Å². The lowest BCUT2D eigenvalue weighted by molar-refractivity contribution is 0.269. The van der Waals surface area contributed by atoms with E-state index in [2.05, 4.69) is 23.9 Å². The van der Waals surface area contributed by atoms with Gasteiger partial charge in [0, 0.05) is 12.6 Å². The summed E-state index contributed by atoms with van der Waals surface area (Å²) in [6, 6.07) is 4.56. The van der Waals surface area contributed by atoms with Crippen LogP contribution in [0.25, 0.3) is 0 Å². The average molecular weight is 292 g/mol. The normalized spacial score (nSPS) is 12.7. The van der Waals surface area contributed by atoms with E-state index in [1.807, 2.05) is 6.92 Å². The zero-order valence-corrected chi connectivity index (χ0v) is 12.6. The molecule has 0 amide bonds. The molecular weight excluding hydrogens is 271 g/mol. The second kappa shape index (κ2) is 6.67. The van der Waals surface area contributed by atoms with Crippen LogP contribution in [0.1, 0.15) is 38.2 Å². The van der Waals surface area contributed by atoms with Crippen molar-refractivity contribution in [2.75, 3.05) is 0 Å². The number of rotatable bonds is 6. The predicted molar refractivity (Wildman–Crippen MR) is 78.2 cm³/mol. The number of nitrogens with two attached hydrogens (primary N) is 1. The third-order valence-corrected chi connectivity index (χ3v) is 3.07. The van der Waals surface area contributed by atoms with Crippen molar-refractivity contribution in [2.24, 2.45) is 11.7 Å². The van der Waals surface area contributed by atoms with Crippen molar-refractivity contribution < 1.29 is 9.13 Å². The summed E-state index contributed by atoms with van der Waals surface area (Å²) >= 11 is 0. The Bertz CT molecular complexity index is 595. The molecular formula is C15H21FN4O. The minimum Gasteiger partial charge on any atom is -0.483 e. The molecule has 1 unspecified atom stereocenters. The number of hydrogen-bond acceptors (Lipinski definition) is 4. The molecule has 0 aliphatic rings. The Morgan fingerprint density at radius 1 is 1.33 bits per heavy atom. The second-order valence-corrected chi connectivity index (χ2v) is 5.52. The van der Waals surface area contributed by atoms with Gasteiger partial charge in [0.1, 0.15) is 12.9 Å². The number of hydrogen-bond donors (Lipinski definition) is 1. The third kappa shape index (κ3) is 4.01. The fourth-order valence-corrected chi connectivity index (χ4v) is 1.96. The van der Waals surface area contributed by atoms with E-state index in [0.29, 0.717) is 11.7 Å². The minimum absolute atomic E-state index is 0.182. The number of ether oxygens (including phenoxy) is 1. The van der Waals surface area contributed by atoms with Crippen LogP contribution >= 0.6 is 0 Å². The standard InChI is InChI=1S/C15H21FN4O/c1-10(2)7-20-15(18-9-19-20)8-21-14-5-4-12(11(3)17)6-13(14)16/h4-6,9-11H,7-8,17H2,1-3H3. The molecule has 0 fully saturated rings. The van der Waals surface area contributed by atoms with Crippen molar-refractivity contribution in [1.29, 1.82) is 0 Å². The van der Waals surface area contributed by atoms with E-state index in [-0.39, 0.29) is 18.4 Å². The molecule has 1 atom stereocenters. The van der Waals surface area contributed by atoms with Gasteiger partial charge in [-0.1, -0.05) is 19.9 Å². The van der Waals surface area contributed by atoms with E-state index in [4.69, 9.17) is 10.5 Å². The quantitative estimate of drug-likeness (QED) is 0.889. The van der Waals surface area contributed by atoms with Crippen molar-refractivity contribution in [3.63, 3.8) is 0 Å². The van der Waals surface area contributed by atoms with Crippen LogP contribution in [-0.2, 0) is 13.2 Å². The summed E-state index contributed by atoms with van der Waals surface area (Å²) in [6.45, 7) is 6.94. The summed E-state index contributed by atoms with van der Waals surface area (Å²) in [6.07, 6.45) is 1.48. The van der Waals surface area contributed by atoms with Gasteiger partial charge in [-0.15, -0.1) is 0 Å². The number of aromatic nitrogens is 3. The minimum atomic E-state index is -0.417. The third-order valence-electron chi connectivity index (χ3n) is 3.07. The molecule has 114 valence electrons. The Kier molecular flexibility index (Phi) is 4.90. The molecule has 0 saturated heterocycles. The summed E-state index contributed by atoms with van der Waals surface area (Å²) in [5, 5.41) is 4.14. The van der Waals surface area contributed by atoms with E-state index in [1.165, 1.54) is 12.4 Å². The molecule has 0 aliphatic heterocycles. The molecule has 0 spiro atoms. The van der Waals surface area contributed by atoms with Crippen molar-refractivity contribution in [3.8, 4) is 5.75 Å². The van der Waals surface area contributed by atoms with Gasteiger partial charge >= 0.3 is 0 Å². The maximum absolute atomic E-state index is 13.9. The Morgan fingerprint density at radius 3 is 2.71 bits per heavy atom. The summed E-state index contributed by atoms with van der Waals surface area (Å²) < 4.78 is 21.2. The maximum atomic E-state index is 13.9. The van der Waals surface area contributed by atoms with Gasteiger partial charge in [-0.25, -0.2) is 14.1 Å². The monoisotopic (exact) mass is 292 g/mol. The molecule has 2 N–H and O–H groups in total. The van der Waals surface area contributed by atoms with Crippen molar-refractivity contribution in [2.45, 2.75) is 40.0 Å². The Morgan fingerprint density at radius 2 is 2.10 bits per heavy atom. The van der Waals surface area contributed by atoms with Gasteiger partial charge < -0.3 is 10.5 Å². The number of halogens is 1. The van der Waals surface area contributed by atoms with Gasteiger partial charge in [-0.3, -0.25) is 0 Å². The molecule has 0 aliphatic carbocycles.